The number of imidazole rings is 3. The largest absolute Gasteiger partial charge is 0.524 e. The SMILES string of the molecule is CCCCc1nc2c(N)nc3cc(CCCOCCCN)ccc3c2n1Cc1cc(O)ccc1OP(=O)(O)O.CCCCc1nc2c(N)nc3cc(CCCOCCCN)ccc3c2n1Cc1cc(OP(=O)(O)O)ccc1O.CCCCc1nc2c(N)nc3cc(CCCOCCCN)ccc3c2n1Cc1cc(OP(=O)(O)O)ccc1OP(=O)(O)O. The van der Waals surface area contributed by atoms with Gasteiger partial charge in [0.15, 0.2) is 17.5 Å². The third-order valence-electron chi connectivity index (χ3n) is 19.5. The van der Waals surface area contributed by atoms with E-state index in [1.807, 2.05) is 63.1 Å². The van der Waals surface area contributed by atoms with Gasteiger partial charge in [-0.05, 0) is 186 Å². The van der Waals surface area contributed by atoms with Crippen molar-refractivity contribution in [2.75, 3.05) is 76.5 Å². The van der Waals surface area contributed by atoms with Gasteiger partial charge in [-0.25, -0.2) is 48.2 Å². The number of nitrogens with two attached hydrogens (primary N) is 6. The van der Waals surface area contributed by atoms with Crippen LogP contribution in [-0.2, 0) is 90.6 Å². The van der Waals surface area contributed by atoms with E-state index in [-0.39, 0.29) is 65.5 Å². The molecule has 0 unspecified atom stereocenters. The van der Waals surface area contributed by atoms with Crippen LogP contribution in [0.2, 0.25) is 0 Å². The van der Waals surface area contributed by atoms with Crippen molar-refractivity contribution in [3.63, 3.8) is 0 Å². The number of fused-ring (bicyclic) bond motifs is 9. The zero-order valence-electron chi connectivity index (χ0n) is 67.8. The van der Waals surface area contributed by atoms with Crippen molar-refractivity contribution in [1.29, 1.82) is 0 Å². The Kier molecular flexibility index (Phi) is 33.7. The molecule has 12 aromatic rings. The van der Waals surface area contributed by atoms with Gasteiger partial charge in [-0.1, -0.05) is 76.4 Å². The summed E-state index contributed by atoms with van der Waals surface area (Å²) in [6, 6.07) is 29.9. The lowest BCUT2D eigenvalue weighted by Gasteiger charge is -2.17. The van der Waals surface area contributed by atoms with E-state index in [9.17, 15) is 67.6 Å². The second-order valence-corrected chi connectivity index (χ2v) is 33.7. The lowest BCUT2D eigenvalue weighted by atomic mass is 10.1. The molecule has 0 amide bonds. The number of benzene rings is 6. The number of aryl methyl sites for hydroxylation is 6. The van der Waals surface area contributed by atoms with E-state index in [0.717, 1.165) is 169 Å². The topological polar surface area (TPSA) is 583 Å². The molecule has 0 atom stereocenters. The molecule has 0 aliphatic heterocycles. The number of rotatable bonds is 44. The van der Waals surface area contributed by atoms with E-state index in [2.05, 4.69) is 40.9 Å². The minimum atomic E-state index is -4.97. The number of unbranched alkanes of at least 4 members (excludes halogenated alkanes) is 3. The molecule has 6 aromatic heterocycles. The summed E-state index contributed by atoms with van der Waals surface area (Å²) in [5.74, 6) is 2.52. The summed E-state index contributed by atoms with van der Waals surface area (Å²) < 4.78 is 88.2. The highest BCUT2D eigenvalue weighted by Gasteiger charge is 2.28. The Balaban J connectivity index is 0.000000191. The van der Waals surface area contributed by atoms with Gasteiger partial charge in [0, 0.05) is 91.8 Å². The molecular weight excluding hydrogens is 1640 g/mol. The van der Waals surface area contributed by atoms with E-state index in [1.165, 1.54) is 48.5 Å². The molecule has 654 valence electrons. The number of anilines is 3. The van der Waals surface area contributed by atoms with Crippen molar-refractivity contribution >= 4 is 115 Å². The third kappa shape index (κ3) is 26.8. The summed E-state index contributed by atoms with van der Waals surface area (Å²) in [6.45, 7) is 12.3. The van der Waals surface area contributed by atoms with Gasteiger partial charge >= 0.3 is 31.3 Å². The molecule has 0 bridgehead atoms. The van der Waals surface area contributed by atoms with Crippen LogP contribution in [0.5, 0.6) is 34.5 Å². The van der Waals surface area contributed by atoms with Crippen LogP contribution in [-0.4, -0.2) is 152 Å². The molecule has 121 heavy (non-hydrogen) atoms. The third-order valence-corrected chi connectivity index (χ3v) is 21.3. The Hall–Kier alpha value is -9.48. The van der Waals surface area contributed by atoms with Gasteiger partial charge in [0.1, 0.15) is 68.5 Å². The van der Waals surface area contributed by atoms with Crippen LogP contribution in [0, 0.1) is 0 Å². The molecule has 6 aromatic carbocycles. The van der Waals surface area contributed by atoms with E-state index in [4.69, 9.17) is 81.7 Å². The smallest absolute Gasteiger partial charge is 0.508 e. The van der Waals surface area contributed by atoms with Crippen molar-refractivity contribution in [2.24, 2.45) is 17.2 Å². The summed E-state index contributed by atoms with van der Waals surface area (Å²) >= 11 is 0. The van der Waals surface area contributed by atoms with Gasteiger partial charge in [0.25, 0.3) is 0 Å². The molecule has 0 aliphatic carbocycles. The highest BCUT2D eigenvalue weighted by Crippen LogP contribution is 2.46. The lowest BCUT2D eigenvalue weighted by molar-refractivity contribution is 0.131. The van der Waals surface area contributed by atoms with Crippen LogP contribution in [0.3, 0.4) is 0 Å². The average Bonchev–Trinajstić information content (AvgIpc) is 1.62. The Morgan fingerprint density at radius 3 is 1.00 bits per heavy atom. The van der Waals surface area contributed by atoms with Crippen LogP contribution >= 0.6 is 31.3 Å². The first-order valence-electron chi connectivity index (χ1n) is 40.1. The van der Waals surface area contributed by atoms with Crippen LogP contribution < -0.4 is 52.5 Å². The lowest BCUT2D eigenvalue weighted by Crippen LogP contribution is -2.08. The molecule has 0 saturated heterocycles. The number of phosphoric acid groups is 4. The quantitative estimate of drug-likeness (QED) is 0.0125. The molecule has 6 heterocycles. The number of phenols is 2. The maximum atomic E-state index is 11.7. The Bertz CT molecular complexity index is 5730. The molecule has 0 fully saturated rings. The standard InChI is InChI=1S/C27H37N5O9P2.2C27H36N5O6P/c1-2-3-7-24-31-25-26(21-10-8-18(15-22(21)30-27(25)29)6-4-13-39-14-5-12-28)32(24)17-19-16-20(40-42(33,34)35)9-11-23(19)41-43(36,37)38;1-2-3-7-24-31-25-26(32(24)17-19-16-20(9-11-23(19)33)38-39(34,35)36)21-10-8-18(15-22(21)30-27(25)29)6-4-13-37-14-5-12-28;1-2-3-7-24-31-25-26(32(24)17-19-16-20(33)9-11-23(19)38-39(34,35)36)21-10-8-18(15-22(21)30-27(25)29)6-4-13-37-14-5-12-28/h8-11,15-16H,2-7,12-14,17,28H2,1H3,(H2,29,30)(H2,33,34,35)(H2,36,37,38);2*8-11,15-16,33H,2-7,12-14,17,28H2,1H3,(H2,29,30)(H2,34,35,36). The molecule has 0 radical (unpaired) electrons. The summed E-state index contributed by atoms with van der Waals surface area (Å²) in [7, 11) is -19.5. The van der Waals surface area contributed by atoms with Crippen molar-refractivity contribution in [3.8, 4) is 34.5 Å². The number of aromatic nitrogens is 9. The minimum absolute atomic E-state index is 0.0215. The van der Waals surface area contributed by atoms with Gasteiger partial charge in [-0.3, -0.25) is 39.1 Å². The first kappa shape index (κ1) is 93.8. The van der Waals surface area contributed by atoms with Gasteiger partial charge in [-0.2, -0.15) is 0 Å². The fourth-order valence-corrected chi connectivity index (χ4v) is 15.6. The number of ether oxygens (including phenoxy) is 3. The van der Waals surface area contributed by atoms with Crippen molar-refractivity contribution in [2.45, 2.75) is 156 Å². The maximum absolute atomic E-state index is 11.7. The van der Waals surface area contributed by atoms with Crippen molar-refractivity contribution in [3.05, 3.63) is 160 Å². The number of hydrogen-bond acceptors (Lipinski definition) is 25. The fraction of sp³-hybridized carbons (Fsp3) is 0.407. The average molecular weight is 1750 g/mol. The molecule has 36 nitrogen and oxygen atoms in total. The van der Waals surface area contributed by atoms with E-state index in [0.29, 0.717) is 135 Å². The summed E-state index contributed by atoms with van der Waals surface area (Å²) in [6.07, 6.45) is 14.8. The number of phosphoric ester groups is 4. The Morgan fingerprint density at radius 2 is 0.661 bits per heavy atom. The Labute approximate surface area is 698 Å². The monoisotopic (exact) mass is 1750 g/mol. The van der Waals surface area contributed by atoms with Crippen molar-refractivity contribution < 1.29 is 99.9 Å². The first-order chi connectivity index (χ1) is 57.8. The summed E-state index contributed by atoms with van der Waals surface area (Å²) in [4.78, 5) is 103. The number of nitrogens with zero attached hydrogens (tertiary/aromatic N) is 9. The number of nitrogen functional groups attached to an aromatic ring is 3. The molecule has 22 N–H and O–H groups in total. The molecule has 0 spiro atoms. The van der Waals surface area contributed by atoms with Gasteiger partial charge in [-0.15, -0.1) is 0 Å². The fourth-order valence-electron chi connectivity index (χ4n) is 14.0. The molecule has 0 aliphatic rings. The molecule has 40 heteroatoms. The number of phenolic OH excluding ortho intramolecular Hbond substituents is 2. The maximum Gasteiger partial charge on any atom is 0.524 e. The number of aromatic hydroxyl groups is 2. The van der Waals surface area contributed by atoms with Gasteiger partial charge in [0.2, 0.25) is 0 Å². The van der Waals surface area contributed by atoms with E-state index >= 15 is 0 Å². The summed E-state index contributed by atoms with van der Waals surface area (Å²) in [5, 5.41) is 23.2. The highest BCUT2D eigenvalue weighted by molar-refractivity contribution is 7.47. The molecule has 12 rings (SSSR count). The second kappa shape index (κ2) is 43.5. The molecule has 0 saturated carbocycles. The minimum Gasteiger partial charge on any atom is -0.508 e. The predicted molar refractivity (Wildman–Crippen MR) is 463 cm³/mol. The van der Waals surface area contributed by atoms with Gasteiger partial charge in [0.05, 0.1) is 52.7 Å². The van der Waals surface area contributed by atoms with E-state index in [1.54, 1.807) is 0 Å². The normalized spacial score (nSPS) is 12.1. The Morgan fingerprint density at radius 1 is 0.347 bits per heavy atom. The van der Waals surface area contributed by atoms with E-state index < -0.39 is 31.3 Å². The number of pyridine rings is 3. The van der Waals surface area contributed by atoms with Gasteiger partial charge < -0.3 is 90.6 Å². The number of hydrogen-bond donors (Lipinski definition) is 16. The second-order valence-electron chi connectivity index (χ2n) is 29.0. The molecular formula is C81H109N15O21P4. The van der Waals surface area contributed by atoms with Crippen LogP contribution in [0.25, 0.3) is 65.8 Å². The van der Waals surface area contributed by atoms with Crippen molar-refractivity contribution in [1.82, 2.24) is 43.6 Å². The highest BCUT2D eigenvalue weighted by atomic mass is 31.2. The van der Waals surface area contributed by atoms with Crippen LogP contribution in [0.15, 0.2) is 109 Å². The zero-order valence-corrected chi connectivity index (χ0v) is 71.4. The van der Waals surface area contributed by atoms with Crippen LogP contribution in [0.1, 0.15) is 149 Å². The predicted octanol–water partition coefficient (Wildman–Crippen LogP) is 11.9. The zero-order chi connectivity index (χ0) is 87.2. The first-order valence-corrected chi connectivity index (χ1v) is 46.2. The van der Waals surface area contributed by atoms with Crippen LogP contribution in [0.4, 0.5) is 17.5 Å². The summed E-state index contributed by atoms with van der Waals surface area (Å²) in [5.41, 5.74) is 46.0.